The second kappa shape index (κ2) is 7.76. The van der Waals surface area contributed by atoms with Crippen LogP contribution in [0.25, 0.3) is 21.9 Å². The van der Waals surface area contributed by atoms with E-state index in [-0.39, 0.29) is 5.69 Å². The molecule has 6 heteroatoms. The first-order chi connectivity index (χ1) is 12.9. The van der Waals surface area contributed by atoms with Gasteiger partial charge in [0.15, 0.2) is 5.69 Å². The first kappa shape index (κ1) is 18.9. The van der Waals surface area contributed by atoms with Crippen LogP contribution < -0.4 is 5.56 Å². The third kappa shape index (κ3) is 3.78. The van der Waals surface area contributed by atoms with E-state index in [4.69, 9.17) is 11.6 Å². The van der Waals surface area contributed by atoms with E-state index in [0.29, 0.717) is 39.3 Å². The summed E-state index contributed by atoms with van der Waals surface area (Å²) in [6.45, 7) is 4.04. The highest BCUT2D eigenvalue weighted by molar-refractivity contribution is 6.31. The lowest BCUT2D eigenvalue weighted by Crippen LogP contribution is -2.24. The smallest absolute Gasteiger partial charge is 0.355 e. The van der Waals surface area contributed by atoms with Crippen molar-refractivity contribution >= 4 is 34.6 Å². The highest BCUT2D eigenvalue weighted by atomic mass is 35.5. The topological polar surface area (TPSA) is 71.7 Å². The molecular weight excluding hydrogens is 364 g/mol. The molecule has 0 aliphatic rings. The number of nitrogens with zero attached hydrogens (tertiary/aromatic N) is 2. The lowest BCUT2D eigenvalue weighted by Gasteiger charge is -2.15. The number of rotatable bonds is 5. The number of carboxylic acid groups (broad SMARTS) is 1. The van der Waals surface area contributed by atoms with Crippen LogP contribution in [-0.2, 0) is 0 Å². The van der Waals surface area contributed by atoms with Crippen LogP contribution in [0.3, 0.4) is 0 Å². The van der Waals surface area contributed by atoms with E-state index in [2.05, 4.69) is 5.10 Å². The Bertz CT molecular complexity index is 1090. The Hall–Kier alpha value is -2.92. The number of halogens is 1. The average Bonchev–Trinajstić information content (AvgIpc) is 2.63. The van der Waals surface area contributed by atoms with Gasteiger partial charge in [0, 0.05) is 22.2 Å². The number of carboxylic acids is 1. The molecule has 0 aliphatic heterocycles. The number of hydrogen-bond donors (Lipinski definition) is 1. The zero-order chi connectivity index (χ0) is 19.6. The molecule has 1 aromatic heterocycles. The number of aromatic carboxylic acids is 1. The normalized spacial score (nSPS) is 11.6. The summed E-state index contributed by atoms with van der Waals surface area (Å²) in [6.07, 6.45) is 2.21. The fraction of sp³-hybridized carbons (Fsp3) is 0.190. The van der Waals surface area contributed by atoms with E-state index in [1.54, 1.807) is 36.5 Å². The highest BCUT2D eigenvalue weighted by Crippen LogP contribution is 2.32. The third-order valence-corrected chi connectivity index (χ3v) is 4.40. The highest BCUT2D eigenvalue weighted by Gasteiger charge is 2.23. The molecule has 2 aromatic carbocycles. The van der Waals surface area contributed by atoms with Crippen molar-refractivity contribution in [1.82, 2.24) is 4.68 Å². The molecule has 0 bridgehead atoms. The van der Waals surface area contributed by atoms with Crippen LogP contribution in [0.5, 0.6) is 0 Å². The largest absolute Gasteiger partial charge is 0.476 e. The zero-order valence-electron chi connectivity index (χ0n) is 15.0. The summed E-state index contributed by atoms with van der Waals surface area (Å²) in [7, 11) is 0. The molecule has 1 heterocycles. The van der Waals surface area contributed by atoms with E-state index >= 15 is 0 Å². The van der Waals surface area contributed by atoms with Gasteiger partial charge in [0.2, 0.25) is 0 Å². The Balaban J connectivity index is 2.45. The molecule has 0 atom stereocenters. The Morgan fingerprint density at radius 2 is 1.89 bits per heavy atom. The van der Waals surface area contributed by atoms with Crippen molar-refractivity contribution in [1.29, 1.82) is 0 Å². The summed E-state index contributed by atoms with van der Waals surface area (Å²) >= 11 is 6.13. The van der Waals surface area contributed by atoms with Crippen LogP contribution in [-0.4, -0.2) is 22.0 Å². The van der Waals surface area contributed by atoms with Gasteiger partial charge in [-0.05, 0) is 41.5 Å². The molecule has 3 rings (SSSR count). The second-order valence-corrected chi connectivity index (χ2v) is 7.07. The summed E-state index contributed by atoms with van der Waals surface area (Å²) in [5.41, 5.74) is 0.427. The van der Waals surface area contributed by atoms with Crippen molar-refractivity contribution < 1.29 is 9.90 Å². The first-order valence-electron chi connectivity index (χ1n) is 8.60. The zero-order valence-corrected chi connectivity index (χ0v) is 15.8. The van der Waals surface area contributed by atoms with Gasteiger partial charge in [0.1, 0.15) is 0 Å². The molecule has 0 saturated carbocycles. The third-order valence-electron chi connectivity index (χ3n) is 4.16. The van der Waals surface area contributed by atoms with Crippen molar-refractivity contribution in [3.05, 3.63) is 69.6 Å². The number of hydrogen-bond acceptors (Lipinski definition) is 3. The van der Waals surface area contributed by atoms with Gasteiger partial charge >= 0.3 is 5.97 Å². The monoisotopic (exact) mass is 382 g/mol. The minimum atomic E-state index is -1.23. The molecule has 0 spiro atoms. The minimum Gasteiger partial charge on any atom is -0.476 e. The maximum absolute atomic E-state index is 13.0. The van der Waals surface area contributed by atoms with Gasteiger partial charge in [-0.1, -0.05) is 55.8 Å². The predicted octanol–water partition coefficient (Wildman–Crippen LogP) is 4.90. The Morgan fingerprint density at radius 1 is 1.19 bits per heavy atom. The Kier molecular flexibility index (Phi) is 5.42. The molecule has 0 unspecified atom stereocenters. The fourth-order valence-electron chi connectivity index (χ4n) is 2.90. The van der Waals surface area contributed by atoms with Gasteiger partial charge in [-0.15, -0.1) is 0 Å². The molecule has 27 heavy (non-hydrogen) atoms. The summed E-state index contributed by atoms with van der Waals surface area (Å²) in [5, 5.41) is 15.4. The van der Waals surface area contributed by atoms with Gasteiger partial charge in [0.05, 0.1) is 0 Å². The van der Waals surface area contributed by atoms with Crippen molar-refractivity contribution in [2.45, 2.75) is 20.3 Å². The van der Waals surface area contributed by atoms with E-state index in [1.807, 2.05) is 32.0 Å². The van der Waals surface area contributed by atoms with E-state index < -0.39 is 11.5 Å². The van der Waals surface area contributed by atoms with Crippen molar-refractivity contribution in [3.8, 4) is 11.1 Å². The van der Waals surface area contributed by atoms with Crippen molar-refractivity contribution in [2.24, 2.45) is 11.0 Å². The molecule has 0 amide bonds. The number of benzene rings is 2. The quantitative estimate of drug-likeness (QED) is 0.638. The molecule has 0 aliphatic carbocycles. The summed E-state index contributed by atoms with van der Waals surface area (Å²) in [6, 6.07) is 13.9. The van der Waals surface area contributed by atoms with Crippen molar-refractivity contribution in [2.75, 3.05) is 0 Å². The Labute approximate surface area is 161 Å². The standard InChI is InChI=1S/C21H19ClN2O3/c1-13(2)10-11-23-24-19(21(26)27)18(14-6-4-3-5-7-14)17-12-15(22)8-9-16(17)20(24)25/h3-9,11-13H,10H2,1-2H3,(H,26,27)/b23-11+. The lowest BCUT2D eigenvalue weighted by molar-refractivity contribution is 0.0686. The lowest BCUT2D eigenvalue weighted by atomic mass is 9.97. The van der Waals surface area contributed by atoms with E-state index in [0.717, 1.165) is 4.68 Å². The summed E-state index contributed by atoms with van der Waals surface area (Å²) in [4.78, 5) is 25.1. The molecule has 3 aromatic rings. The van der Waals surface area contributed by atoms with Gasteiger partial charge in [0.25, 0.3) is 5.56 Å². The average molecular weight is 383 g/mol. The molecule has 1 N–H and O–H groups in total. The SMILES string of the molecule is CC(C)C/C=N/n1c(C(=O)O)c(-c2ccccc2)c2cc(Cl)ccc2c1=O. The predicted molar refractivity (Wildman–Crippen MR) is 109 cm³/mol. The van der Waals surface area contributed by atoms with Crippen LogP contribution >= 0.6 is 11.6 Å². The minimum absolute atomic E-state index is 0.180. The van der Waals surface area contributed by atoms with Crippen LogP contribution in [0.1, 0.15) is 30.8 Å². The molecule has 138 valence electrons. The van der Waals surface area contributed by atoms with Gasteiger partial charge in [-0.25, -0.2) is 4.79 Å². The molecular formula is C21H19ClN2O3. The number of carbonyl (C=O) groups is 1. The molecule has 0 radical (unpaired) electrons. The molecule has 5 nitrogen and oxygen atoms in total. The Morgan fingerprint density at radius 3 is 2.52 bits per heavy atom. The number of aromatic nitrogens is 1. The summed E-state index contributed by atoms with van der Waals surface area (Å²) < 4.78 is 0.975. The van der Waals surface area contributed by atoms with E-state index in [1.165, 1.54) is 0 Å². The van der Waals surface area contributed by atoms with Gasteiger partial charge in [-0.3, -0.25) is 4.79 Å². The molecule has 0 saturated heterocycles. The van der Waals surface area contributed by atoms with Crippen LogP contribution in [0.15, 0.2) is 58.4 Å². The summed E-state index contributed by atoms with van der Waals surface area (Å²) in [5.74, 6) is -0.889. The maximum atomic E-state index is 13.0. The second-order valence-electron chi connectivity index (χ2n) is 6.63. The van der Waals surface area contributed by atoms with Gasteiger partial charge < -0.3 is 5.11 Å². The maximum Gasteiger partial charge on any atom is 0.355 e. The van der Waals surface area contributed by atoms with E-state index in [9.17, 15) is 14.7 Å². The number of pyridine rings is 1. The molecule has 0 fully saturated rings. The van der Waals surface area contributed by atoms with Crippen LogP contribution in [0.4, 0.5) is 0 Å². The van der Waals surface area contributed by atoms with Crippen LogP contribution in [0.2, 0.25) is 5.02 Å². The number of fused-ring (bicyclic) bond motifs is 1. The van der Waals surface area contributed by atoms with Crippen molar-refractivity contribution in [3.63, 3.8) is 0 Å². The fourth-order valence-corrected chi connectivity index (χ4v) is 3.08. The van der Waals surface area contributed by atoms with Crippen LogP contribution in [0, 0.1) is 5.92 Å². The van der Waals surface area contributed by atoms with Gasteiger partial charge in [-0.2, -0.15) is 9.78 Å². The first-order valence-corrected chi connectivity index (χ1v) is 8.97.